The lowest BCUT2D eigenvalue weighted by Gasteiger charge is -2.30. The molecule has 1 aromatic rings. The first-order valence-corrected chi connectivity index (χ1v) is 6.26. The molecule has 0 unspecified atom stereocenters. The first kappa shape index (κ1) is 15.3. The van der Waals surface area contributed by atoms with Crippen molar-refractivity contribution >= 4 is 29.9 Å². The van der Waals surface area contributed by atoms with Crippen LogP contribution in [0.4, 0.5) is 0 Å². The molecule has 1 aliphatic rings. The lowest BCUT2D eigenvalue weighted by atomic mass is 10.0. The van der Waals surface area contributed by atoms with Crippen LogP contribution in [-0.4, -0.2) is 29.9 Å². The summed E-state index contributed by atoms with van der Waals surface area (Å²) < 4.78 is 0. The van der Waals surface area contributed by atoms with Gasteiger partial charge in [-0.3, -0.25) is 4.79 Å². The van der Waals surface area contributed by atoms with Crippen molar-refractivity contribution in [3.8, 4) is 0 Å². The number of aryl methyl sites for hydroxylation is 1. The molecular weight excluding hydrogens is 271 g/mol. The summed E-state index contributed by atoms with van der Waals surface area (Å²) in [6.07, 6.45) is 1.77. The Hall–Kier alpha value is -0.770. The monoisotopic (exact) mass is 288 g/mol. The molecule has 0 bridgehead atoms. The van der Waals surface area contributed by atoms with E-state index in [9.17, 15) is 4.79 Å². The number of hydrogen-bond acceptors (Lipinski definition) is 2. The Morgan fingerprint density at radius 2 is 2.00 bits per heavy atom. The number of carbonyl (C=O) groups excluding carboxylic acids is 1. The molecule has 0 atom stereocenters. The van der Waals surface area contributed by atoms with Crippen LogP contribution >= 0.6 is 24.0 Å². The molecule has 2 rings (SSSR count). The summed E-state index contributed by atoms with van der Waals surface area (Å²) in [5, 5.41) is 0.666. The van der Waals surface area contributed by atoms with Crippen molar-refractivity contribution in [3.05, 3.63) is 34.3 Å². The van der Waals surface area contributed by atoms with Gasteiger partial charge in [0.25, 0.3) is 5.91 Å². The molecule has 0 aliphatic carbocycles. The number of piperidine rings is 1. The van der Waals surface area contributed by atoms with Gasteiger partial charge in [0.2, 0.25) is 0 Å². The van der Waals surface area contributed by atoms with E-state index in [1.165, 1.54) is 0 Å². The molecule has 0 spiro atoms. The van der Waals surface area contributed by atoms with E-state index in [-0.39, 0.29) is 24.4 Å². The molecule has 5 heteroatoms. The van der Waals surface area contributed by atoms with E-state index in [0.29, 0.717) is 5.02 Å². The zero-order chi connectivity index (χ0) is 12.4. The van der Waals surface area contributed by atoms with Crippen LogP contribution in [0.2, 0.25) is 5.02 Å². The predicted molar refractivity (Wildman–Crippen MR) is 76.5 cm³/mol. The minimum absolute atomic E-state index is 0. The van der Waals surface area contributed by atoms with Crippen molar-refractivity contribution < 1.29 is 4.79 Å². The summed E-state index contributed by atoms with van der Waals surface area (Å²) in [5.41, 5.74) is 7.50. The molecule has 0 aromatic heterocycles. The number of nitrogens with two attached hydrogens (primary N) is 1. The second-order valence-electron chi connectivity index (χ2n) is 4.59. The SMILES string of the molecule is Cc1cc(Cl)ccc1C(=O)N1CCC(N)CC1.Cl. The van der Waals surface area contributed by atoms with Crippen LogP contribution < -0.4 is 5.73 Å². The molecule has 1 heterocycles. The Balaban J connectivity index is 0.00000162. The van der Waals surface area contributed by atoms with Gasteiger partial charge in [-0.15, -0.1) is 12.4 Å². The van der Waals surface area contributed by atoms with Crippen LogP contribution in [0.25, 0.3) is 0 Å². The van der Waals surface area contributed by atoms with Crippen molar-refractivity contribution in [1.82, 2.24) is 4.90 Å². The number of rotatable bonds is 1. The molecule has 1 amide bonds. The van der Waals surface area contributed by atoms with Gasteiger partial charge in [-0.1, -0.05) is 11.6 Å². The maximum absolute atomic E-state index is 12.3. The maximum Gasteiger partial charge on any atom is 0.254 e. The van der Waals surface area contributed by atoms with Crippen LogP contribution in [0.15, 0.2) is 18.2 Å². The Morgan fingerprint density at radius 1 is 1.39 bits per heavy atom. The van der Waals surface area contributed by atoms with Gasteiger partial charge in [-0.05, 0) is 43.5 Å². The first-order chi connectivity index (χ1) is 8.08. The third-order valence-electron chi connectivity index (χ3n) is 3.25. The maximum atomic E-state index is 12.3. The third kappa shape index (κ3) is 3.37. The standard InChI is InChI=1S/C13H17ClN2O.ClH/c1-9-8-10(14)2-3-12(9)13(17)16-6-4-11(15)5-7-16;/h2-3,8,11H,4-7,15H2,1H3;1H. The van der Waals surface area contributed by atoms with Crippen LogP contribution in [0, 0.1) is 6.92 Å². The normalized spacial score (nSPS) is 16.3. The van der Waals surface area contributed by atoms with Crippen LogP contribution in [-0.2, 0) is 0 Å². The summed E-state index contributed by atoms with van der Waals surface area (Å²) in [6.45, 7) is 3.42. The summed E-state index contributed by atoms with van der Waals surface area (Å²) in [6, 6.07) is 5.63. The highest BCUT2D eigenvalue weighted by atomic mass is 35.5. The molecule has 1 aromatic carbocycles. The Bertz CT molecular complexity index is 429. The van der Waals surface area contributed by atoms with E-state index >= 15 is 0 Å². The van der Waals surface area contributed by atoms with Gasteiger partial charge in [0.15, 0.2) is 0 Å². The van der Waals surface area contributed by atoms with Crippen LogP contribution in [0.3, 0.4) is 0 Å². The number of benzene rings is 1. The fourth-order valence-corrected chi connectivity index (χ4v) is 2.37. The van der Waals surface area contributed by atoms with E-state index in [2.05, 4.69) is 0 Å². The molecule has 18 heavy (non-hydrogen) atoms. The fraction of sp³-hybridized carbons (Fsp3) is 0.462. The number of likely N-dealkylation sites (tertiary alicyclic amines) is 1. The van der Waals surface area contributed by atoms with Gasteiger partial charge in [0.1, 0.15) is 0 Å². The molecule has 0 radical (unpaired) electrons. The minimum Gasteiger partial charge on any atom is -0.339 e. The van der Waals surface area contributed by atoms with Gasteiger partial charge < -0.3 is 10.6 Å². The number of hydrogen-bond donors (Lipinski definition) is 1. The molecule has 1 fully saturated rings. The van der Waals surface area contributed by atoms with E-state index < -0.39 is 0 Å². The van der Waals surface area contributed by atoms with Crippen molar-refractivity contribution in [2.75, 3.05) is 13.1 Å². The minimum atomic E-state index is 0. The average molecular weight is 289 g/mol. The largest absolute Gasteiger partial charge is 0.339 e. The van der Waals surface area contributed by atoms with Gasteiger partial charge in [0, 0.05) is 29.7 Å². The van der Waals surface area contributed by atoms with Crippen LogP contribution in [0.1, 0.15) is 28.8 Å². The average Bonchev–Trinajstić information content (AvgIpc) is 2.29. The highest BCUT2D eigenvalue weighted by Crippen LogP contribution is 2.19. The second-order valence-corrected chi connectivity index (χ2v) is 5.03. The molecule has 2 N–H and O–H groups in total. The quantitative estimate of drug-likeness (QED) is 0.864. The van der Waals surface area contributed by atoms with Crippen LogP contribution in [0.5, 0.6) is 0 Å². The topological polar surface area (TPSA) is 46.3 Å². The molecule has 0 saturated carbocycles. The van der Waals surface area contributed by atoms with E-state index in [0.717, 1.165) is 37.1 Å². The zero-order valence-corrected chi connectivity index (χ0v) is 11.9. The van der Waals surface area contributed by atoms with E-state index in [4.69, 9.17) is 17.3 Å². The van der Waals surface area contributed by atoms with Gasteiger partial charge >= 0.3 is 0 Å². The fourth-order valence-electron chi connectivity index (χ4n) is 2.14. The first-order valence-electron chi connectivity index (χ1n) is 5.89. The van der Waals surface area contributed by atoms with Gasteiger partial charge in [-0.2, -0.15) is 0 Å². The number of nitrogens with zero attached hydrogens (tertiary/aromatic N) is 1. The lowest BCUT2D eigenvalue weighted by molar-refractivity contribution is 0.0714. The van der Waals surface area contributed by atoms with Gasteiger partial charge in [0.05, 0.1) is 0 Å². The molecular formula is C13H18Cl2N2O. The Morgan fingerprint density at radius 3 is 2.56 bits per heavy atom. The highest BCUT2D eigenvalue weighted by molar-refractivity contribution is 6.30. The van der Waals surface area contributed by atoms with Crippen molar-refractivity contribution in [2.24, 2.45) is 5.73 Å². The smallest absolute Gasteiger partial charge is 0.254 e. The summed E-state index contributed by atoms with van der Waals surface area (Å²) in [7, 11) is 0. The number of carbonyl (C=O) groups is 1. The van der Waals surface area contributed by atoms with Crippen molar-refractivity contribution in [2.45, 2.75) is 25.8 Å². The molecule has 1 saturated heterocycles. The van der Waals surface area contributed by atoms with Gasteiger partial charge in [-0.25, -0.2) is 0 Å². The Labute approximate surface area is 119 Å². The predicted octanol–water partition coefficient (Wildman–Crippen LogP) is 2.63. The number of amides is 1. The zero-order valence-electron chi connectivity index (χ0n) is 10.4. The van der Waals surface area contributed by atoms with E-state index in [1.54, 1.807) is 12.1 Å². The van der Waals surface area contributed by atoms with E-state index in [1.807, 2.05) is 17.9 Å². The highest BCUT2D eigenvalue weighted by Gasteiger charge is 2.22. The summed E-state index contributed by atoms with van der Waals surface area (Å²) >= 11 is 5.89. The lowest BCUT2D eigenvalue weighted by Crippen LogP contribution is -2.43. The Kier molecular flexibility index (Phi) is 5.45. The van der Waals surface area contributed by atoms with Crippen molar-refractivity contribution in [3.63, 3.8) is 0 Å². The molecule has 3 nitrogen and oxygen atoms in total. The third-order valence-corrected chi connectivity index (χ3v) is 3.48. The molecule has 1 aliphatic heterocycles. The second kappa shape index (κ2) is 6.41. The van der Waals surface area contributed by atoms with Crippen molar-refractivity contribution in [1.29, 1.82) is 0 Å². The summed E-state index contributed by atoms with van der Waals surface area (Å²) in [4.78, 5) is 14.2. The number of halogens is 2. The molecule has 100 valence electrons. The summed E-state index contributed by atoms with van der Waals surface area (Å²) in [5.74, 6) is 0.0890.